The van der Waals surface area contributed by atoms with Crippen LogP contribution in [0.15, 0.2) is 30.3 Å². The monoisotopic (exact) mass is 273 g/mol. The van der Waals surface area contributed by atoms with Gasteiger partial charge in [-0.15, -0.1) is 0 Å². The number of piperidine rings is 1. The third kappa shape index (κ3) is 2.24. The summed E-state index contributed by atoms with van der Waals surface area (Å²) < 4.78 is 5.31. The van der Waals surface area contributed by atoms with E-state index in [1.54, 1.807) is 0 Å². The van der Waals surface area contributed by atoms with Crippen molar-refractivity contribution in [1.82, 2.24) is 4.90 Å². The van der Waals surface area contributed by atoms with Crippen LogP contribution in [0.2, 0.25) is 0 Å². The SMILES string of the molecule is CCOC(=O)C1C2CCC(C2)N1C(C)c1ccccc1. The Hall–Kier alpha value is -1.35. The molecule has 3 heteroatoms. The summed E-state index contributed by atoms with van der Waals surface area (Å²) in [6.07, 6.45) is 3.55. The second kappa shape index (κ2) is 5.57. The summed E-state index contributed by atoms with van der Waals surface area (Å²) in [5.74, 6) is 0.465. The lowest BCUT2D eigenvalue weighted by molar-refractivity contribution is -0.152. The molecule has 0 amide bonds. The molecule has 0 radical (unpaired) electrons. The van der Waals surface area contributed by atoms with Gasteiger partial charge in [0.2, 0.25) is 0 Å². The zero-order chi connectivity index (χ0) is 14.1. The van der Waals surface area contributed by atoms with E-state index in [1.165, 1.54) is 18.4 Å². The summed E-state index contributed by atoms with van der Waals surface area (Å²) in [6, 6.07) is 11.3. The highest BCUT2D eigenvalue weighted by Gasteiger charge is 2.51. The van der Waals surface area contributed by atoms with Crippen LogP contribution in [0.5, 0.6) is 0 Å². The van der Waals surface area contributed by atoms with Crippen LogP contribution in [0.4, 0.5) is 0 Å². The van der Waals surface area contributed by atoms with Crippen LogP contribution >= 0.6 is 0 Å². The van der Waals surface area contributed by atoms with Gasteiger partial charge in [-0.3, -0.25) is 9.69 Å². The van der Waals surface area contributed by atoms with Crippen LogP contribution in [0.3, 0.4) is 0 Å². The number of rotatable bonds is 4. The van der Waals surface area contributed by atoms with Crippen molar-refractivity contribution >= 4 is 5.97 Å². The first-order chi connectivity index (χ1) is 9.72. The van der Waals surface area contributed by atoms with Crippen LogP contribution < -0.4 is 0 Å². The van der Waals surface area contributed by atoms with Gasteiger partial charge in [0.25, 0.3) is 0 Å². The summed E-state index contributed by atoms with van der Waals surface area (Å²) in [5, 5.41) is 0. The molecule has 4 atom stereocenters. The van der Waals surface area contributed by atoms with Gasteiger partial charge in [0.15, 0.2) is 0 Å². The van der Waals surface area contributed by atoms with Crippen LogP contribution in [-0.4, -0.2) is 29.6 Å². The highest BCUT2D eigenvalue weighted by molar-refractivity contribution is 5.77. The molecule has 2 bridgehead atoms. The molecule has 4 unspecified atom stereocenters. The summed E-state index contributed by atoms with van der Waals surface area (Å²) in [6.45, 7) is 4.57. The Morgan fingerprint density at radius 1 is 1.35 bits per heavy atom. The number of ether oxygens (including phenoxy) is 1. The topological polar surface area (TPSA) is 29.5 Å². The molecule has 3 nitrogen and oxygen atoms in total. The molecular weight excluding hydrogens is 250 g/mol. The first-order valence-electron chi connectivity index (χ1n) is 7.71. The quantitative estimate of drug-likeness (QED) is 0.789. The number of benzene rings is 1. The third-order valence-corrected chi connectivity index (χ3v) is 4.89. The third-order valence-electron chi connectivity index (χ3n) is 4.89. The summed E-state index contributed by atoms with van der Waals surface area (Å²) >= 11 is 0. The Morgan fingerprint density at radius 3 is 2.80 bits per heavy atom. The average Bonchev–Trinajstić information content (AvgIpc) is 3.08. The number of likely N-dealkylation sites (tertiary alicyclic amines) is 1. The van der Waals surface area contributed by atoms with Gasteiger partial charge >= 0.3 is 5.97 Å². The first kappa shape index (κ1) is 13.6. The van der Waals surface area contributed by atoms with Crippen molar-refractivity contribution in [2.45, 2.75) is 51.2 Å². The van der Waals surface area contributed by atoms with E-state index in [-0.39, 0.29) is 18.1 Å². The van der Waals surface area contributed by atoms with Crippen molar-refractivity contribution in [3.8, 4) is 0 Å². The lowest BCUT2D eigenvalue weighted by Gasteiger charge is -2.38. The van der Waals surface area contributed by atoms with Crippen molar-refractivity contribution in [3.05, 3.63) is 35.9 Å². The number of carbonyl (C=O) groups excluding carboxylic acids is 1. The van der Waals surface area contributed by atoms with Crippen molar-refractivity contribution in [3.63, 3.8) is 0 Å². The largest absolute Gasteiger partial charge is 0.465 e. The number of nitrogens with zero attached hydrogens (tertiary/aromatic N) is 1. The standard InChI is InChI=1S/C17H23NO2/c1-3-20-17(19)16-14-9-10-15(11-14)18(16)12(2)13-7-5-4-6-8-13/h4-8,12,14-16H,3,9-11H2,1-2H3. The predicted molar refractivity (Wildman–Crippen MR) is 78.2 cm³/mol. The van der Waals surface area contributed by atoms with Crippen molar-refractivity contribution < 1.29 is 9.53 Å². The maximum absolute atomic E-state index is 12.3. The van der Waals surface area contributed by atoms with Crippen molar-refractivity contribution in [1.29, 1.82) is 0 Å². The summed E-state index contributed by atoms with van der Waals surface area (Å²) in [4.78, 5) is 14.7. The normalized spacial score (nSPS) is 30.4. The van der Waals surface area contributed by atoms with Crippen LogP contribution in [0.1, 0.15) is 44.7 Å². The average molecular weight is 273 g/mol. The lowest BCUT2D eigenvalue weighted by atomic mass is 9.96. The molecular formula is C17H23NO2. The number of carbonyl (C=O) groups is 1. The molecule has 2 aliphatic rings. The fraction of sp³-hybridized carbons (Fsp3) is 0.588. The highest BCUT2D eigenvalue weighted by Crippen LogP contribution is 2.46. The smallest absolute Gasteiger partial charge is 0.323 e. The van der Waals surface area contributed by atoms with E-state index in [2.05, 4.69) is 36.1 Å². The molecule has 0 aromatic heterocycles. The van der Waals surface area contributed by atoms with E-state index >= 15 is 0 Å². The van der Waals surface area contributed by atoms with E-state index < -0.39 is 0 Å². The molecule has 1 aliphatic carbocycles. The van der Waals surface area contributed by atoms with E-state index in [0.717, 1.165) is 6.42 Å². The van der Waals surface area contributed by atoms with Crippen molar-refractivity contribution in [2.75, 3.05) is 6.61 Å². The molecule has 1 heterocycles. The Labute approximate surface area is 120 Å². The van der Waals surface area contributed by atoms with Gasteiger partial charge in [-0.05, 0) is 44.6 Å². The van der Waals surface area contributed by atoms with Gasteiger partial charge in [-0.2, -0.15) is 0 Å². The minimum absolute atomic E-state index is 0.0255. The molecule has 0 spiro atoms. The molecule has 1 saturated carbocycles. The maximum Gasteiger partial charge on any atom is 0.323 e. The molecule has 3 rings (SSSR count). The van der Waals surface area contributed by atoms with E-state index in [0.29, 0.717) is 18.6 Å². The molecule has 20 heavy (non-hydrogen) atoms. The fourth-order valence-electron chi connectivity index (χ4n) is 4.02. The zero-order valence-electron chi connectivity index (χ0n) is 12.3. The first-order valence-corrected chi connectivity index (χ1v) is 7.71. The summed E-state index contributed by atoms with van der Waals surface area (Å²) in [7, 11) is 0. The molecule has 1 aliphatic heterocycles. The highest BCUT2D eigenvalue weighted by atomic mass is 16.5. The van der Waals surface area contributed by atoms with Gasteiger partial charge in [0.1, 0.15) is 6.04 Å². The van der Waals surface area contributed by atoms with Gasteiger partial charge < -0.3 is 4.74 Å². The predicted octanol–water partition coefficient (Wildman–Crippen LogP) is 3.16. The van der Waals surface area contributed by atoms with E-state index in [1.807, 2.05) is 13.0 Å². The molecule has 1 saturated heterocycles. The van der Waals surface area contributed by atoms with Gasteiger partial charge in [0.05, 0.1) is 6.61 Å². The Morgan fingerprint density at radius 2 is 2.10 bits per heavy atom. The number of hydrogen-bond donors (Lipinski definition) is 0. The second-order valence-corrected chi connectivity index (χ2v) is 5.96. The summed E-state index contributed by atoms with van der Waals surface area (Å²) in [5.41, 5.74) is 1.29. The van der Waals surface area contributed by atoms with Crippen LogP contribution in [0.25, 0.3) is 0 Å². The lowest BCUT2D eigenvalue weighted by Crippen LogP contribution is -2.47. The van der Waals surface area contributed by atoms with Gasteiger partial charge in [-0.25, -0.2) is 0 Å². The molecule has 108 valence electrons. The van der Waals surface area contributed by atoms with E-state index in [9.17, 15) is 4.79 Å². The van der Waals surface area contributed by atoms with Gasteiger partial charge in [0, 0.05) is 12.1 Å². The van der Waals surface area contributed by atoms with Crippen LogP contribution in [-0.2, 0) is 9.53 Å². The molecule has 0 N–H and O–H groups in total. The maximum atomic E-state index is 12.3. The Kier molecular flexibility index (Phi) is 3.79. The molecule has 1 aromatic carbocycles. The van der Waals surface area contributed by atoms with Crippen molar-refractivity contribution in [2.24, 2.45) is 5.92 Å². The Bertz CT molecular complexity index is 473. The number of esters is 1. The second-order valence-electron chi connectivity index (χ2n) is 5.96. The minimum Gasteiger partial charge on any atom is -0.465 e. The minimum atomic E-state index is -0.0380. The number of fused-ring (bicyclic) bond motifs is 2. The van der Waals surface area contributed by atoms with Crippen LogP contribution in [0, 0.1) is 5.92 Å². The molecule has 2 fully saturated rings. The Balaban J connectivity index is 1.84. The van der Waals surface area contributed by atoms with Gasteiger partial charge in [-0.1, -0.05) is 30.3 Å². The number of hydrogen-bond acceptors (Lipinski definition) is 3. The fourth-order valence-corrected chi connectivity index (χ4v) is 4.02. The zero-order valence-corrected chi connectivity index (χ0v) is 12.3. The molecule has 1 aromatic rings. The van der Waals surface area contributed by atoms with E-state index in [4.69, 9.17) is 4.74 Å².